The van der Waals surface area contributed by atoms with Gasteiger partial charge in [-0.3, -0.25) is 9.52 Å². The van der Waals surface area contributed by atoms with Crippen molar-refractivity contribution >= 4 is 44.1 Å². The summed E-state index contributed by atoms with van der Waals surface area (Å²) in [5.74, 6) is -0.992. The van der Waals surface area contributed by atoms with Crippen LogP contribution in [0, 0.1) is 6.92 Å². The monoisotopic (exact) mass is 346 g/mol. The number of carboxylic acid groups (broad SMARTS) is 1. The molecule has 0 aliphatic heterocycles. The number of aromatic nitrogens is 1. The maximum Gasteiger partial charge on any atom is 0.308 e. The average molecular weight is 347 g/mol. The van der Waals surface area contributed by atoms with Crippen molar-refractivity contribution in [3.05, 3.63) is 39.9 Å². The van der Waals surface area contributed by atoms with Crippen LogP contribution in [-0.2, 0) is 21.2 Å². The second-order valence-corrected chi connectivity index (χ2v) is 7.36. The van der Waals surface area contributed by atoms with E-state index in [1.54, 1.807) is 6.92 Å². The van der Waals surface area contributed by atoms with E-state index in [9.17, 15) is 13.2 Å². The fourth-order valence-corrected chi connectivity index (χ4v) is 3.88. The highest BCUT2D eigenvalue weighted by atomic mass is 35.5. The number of carbonyl (C=O) groups is 1. The normalized spacial score (nSPS) is 11.3. The molecule has 0 unspecified atom stereocenters. The number of halogens is 1. The number of thiazole rings is 1. The van der Waals surface area contributed by atoms with Gasteiger partial charge in [0, 0.05) is 9.90 Å². The third-order valence-electron chi connectivity index (χ3n) is 2.55. The molecule has 0 aliphatic rings. The first-order valence-corrected chi connectivity index (χ1v) is 8.42. The van der Waals surface area contributed by atoms with Crippen molar-refractivity contribution in [1.82, 2.24) is 4.98 Å². The number of carboxylic acids is 1. The summed E-state index contributed by atoms with van der Waals surface area (Å²) >= 11 is 6.72. The van der Waals surface area contributed by atoms with Crippen molar-refractivity contribution in [3.63, 3.8) is 0 Å². The van der Waals surface area contributed by atoms with Gasteiger partial charge in [0.25, 0.3) is 10.0 Å². The lowest BCUT2D eigenvalue weighted by Gasteiger charge is -2.04. The molecule has 9 heteroatoms. The Morgan fingerprint density at radius 1 is 1.38 bits per heavy atom. The van der Waals surface area contributed by atoms with Crippen molar-refractivity contribution < 1.29 is 18.3 Å². The highest BCUT2D eigenvalue weighted by molar-refractivity contribution is 7.93. The minimum atomic E-state index is -3.77. The molecule has 0 amide bonds. The quantitative estimate of drug-likeness (QED) is 0.867. The number of hydrogen-bond donors (Lipinski definition) is 2. The summed E-state index contributed by atoms with van der Waals surface area (Å²) in [5.41, 5.74) is 0.496. The third kappa shape index (κ3) is 3.93. The second kappa shape index (κ2) is 6.00. The fourth-order valence-electron chi connectivity index (χ4n) is 1.56. The average Bonchev–Trinajstić information content (AvgIpc) is 2.68. The van der Waals surface area contributed by atoms with Crippen LogP contribution in [-0.4, -0.2) is 24.5 Å². The molecule has 2 N–H and O–H groups in total. The Morgan fingerprint density at radius 3 is 2.57 bits per heavy atom. The van der Waals surface area contributed by atoms with Gasteiger partial charge in [0.15, 0.2) is 5.13 Å². The number of aryl methyl sites for hydroxylation is 1. The van der Waals surface area contributed by atoms with E-state index in [1.165, 1.54) is 24.3 Å². The zero-order valence-corrected chi connectivity index (χ0v) is 13.2. The summed E-state index contributed by atoms with van der Waals surface area (Å²) in [5, 5.41) is 9.34. The van der Waals surface area contributed by atoms with E-state index >= 15 is 0 Å². The predicted octanol–water partition coefficient (Wildman–Crippen LogP) is 2.53. The van der Waals surface area contributed by atoms with Crippen LogP contribution in [0.4, 0.5) is 5.13 Å². The summed E-state index contributed by atoms with van der Waals surface area (Å²) in [7, 11) is -3.77. The van der Waals surface area contributed by atoms with Gasteiger partial charge >= 0.3 is 5.97 Å². The summed E-state index contributed by atoms with van der Waals surface area (Å²) in [6.45, 7) is 1.63. The molecule has 0 saturated heterocycles. The van der Waals surface area contributed by atoms with Gasteiger partial charge in [-0.25, -0.2) is 13.4 Å². The number of nitrogens with zero attached hydrogens (tertiary/aromatic N) is 1. The Bertz CT molecular complexity index is 769. The molecule has 1 heterocycles. The maximum absolute atomic E-state index is 12.2. The Balaban J connectivity index is 2.24. The summed E-state index contributed by atoms with van der Waals surface area (Å²) in [6.07, 6.45) is -0.188. The Kier molecular flexibility index (Phi) is 4.50. The SMILES string of the molecule is Cc1nc(NS(=O)(=O)c2ccc(Cl)cc2)sc1CC(=O)O. The van der Waals surface area contributed by atoms with Gasteiger partial charge in [-0.05, 0) is 31.2 Å². The third-order valence-corrected chi connectivity index (χ3v) is 5.36. The number of hydrogen-bond acceptors (Lipinski definition) is 5. The van der Waals surface area contributed by atoms with E-state index in [0.29, 0.717) is 15.6 Å². The van der Waals surface area contributed by atoms with Crippen LogP contribution in [0.3, 0.4) is 0 Å². The first-order chi connectivity index (χ1) is 9.78. The zero-order chi connectivity index (χ0) is 15.6. The van der Waals surface area contributed by atoms with E-state index < -0.39 is 16.0 Å². The largest absolute Gasteiger partial charge is 0.481 e. The number of anilines is 1. The molecule has 0 atom stereocenters. The summed E-state index contributed by atoms with van der Waals surface area (Å²) < 4.78 is 26.6. The van der Waals surface area contributed by atoms with E-state index in [1.807, 2.05) is 0 Å². The topological polar surface area (TPSA) is 96.4 Å². The number of nitrogens with one attached hydrogen (secondary N) is 1. The van der Waals surface area contributed by atoms with E-state index in [4.69, 9.17) is 16.7 Å². The zero-order valence-electron chi connectivity index (χ0n) is 10.8. The van der Waals surface area contributed by atoms with Crippen LogP contribution < -0.4 is 4.72 Å². The lowest BCUT2D eigenvalue weighted by molar-refractivity contribution is -0.136. The smallest absolute Gasteiger partial charge is 0.308 e. The molecule has 0 saturated carbocycles. The van der Waals surface area contributed by atoms with Gasteiger partial charge in [-0.2, -0.15) is 0 Å². The molecule has 1 aromatic heterocycles. The molecule has 1 aromatic carbocycles. The molecule has 2 aromatic rings. The van der Waals surface area contributed by atoms with Crippen LogP contribution in [0.5, 0.6) is 0 Å². The number of rotatable bonds is 5. The highest BCUT2D eigenvalue weighted by Crippen LogP contribution is 2.25. The molecule has 0 bridgehead atoms. The number of benzene rings is 1. The molecule has 0 fully saturated rings. The van der Waals surface area contributed by atoms with Gasteiger partial charge < -0.3 is 5.11 Å². The lowest BCUT2D eigenvalue weighted by atomic mass is 10.3. The van der Waals surface area contributed by atoms with Crippen molar-refractivity contribution in [2.45, 2.75) is 18.2 Å². The summed E-state index contributed by atoms with van der Waals surface area (Å²) in [4.78, 5) is 15.3. The first kappa shape index (κ1) is 15.7. The van der Waals surface area contributed by atoms with Gasteiger partial charge in [0.1, 0.15) is 0 Å². The van der Waals surface area contributed by atoms with Crippen LogP contribution in [0.1, 0.15) is 10.6 Å². The predicted molar refractivity (Wildman–Crippen MR) is 80.5 cm³/mol. The van der Waals surface area contributed by atoms with Crippen molar-refractivity contribution in [1.29, 1.82) is 0 Å². The molecular formula is C12H11ClN2O4S2. The molecule has 0 radical (unpaired) electrons. The van der Waals surface area contributed by atoms with Crippen molar-refractivity contribution in [2.24, 2.45) is 0 Å². The molecule has 21 heavy (non-hydrogen) atoms. The summed E-state index contributed by atoms with van der Waals surface area (Å²) in [6, 6.07) is 5.70. The fraction of sp³-hybridized carbons (Fsp3) is 0.167. The molecular weight excluding hydrogens is 336 g/mol. The van der Waals surface area contributed by atoms with Crippen LogP contribution in [0.25, 0.3) is 0 Å². The highest BCUT2D eigenvalue weighted by Gasteiger charge is 2.18. The minimum absolute atomic E-state index is 0.0551. The van der Waals surface area contributed by atoms with Crippen LogP contribution in [0.2, 0.25) is 5.02 Å². The number of aliphatic carboxylic acids is 1. The van der Waals surface area contributed by atoms with Gasteiger partial charge in [-0.1, -0.05) is 11.6 Å². The standard InChI is InChI=1S/C12H11ClN2O4S2/c1-7-10(6-11(16)17)20-12(14-7)15-21(18,19)9-4-2-8(13)3-5-9/h2-5H,6H2,1H3,(H,14,15)(H,16,17). The molecule has 112 valence electrons. The van der Waals surface area contributed by atoms with Crippen LogP contribution >= 0.6 is 22.9 Å². The minimum Gasteiger partial charge on any atom is -0.481 e. The van der Waals surface area contributed by atoms with E-state index in [0.717, 1.165) is 11.3 Å². The Morgan fingerprint density at radius 2 is 2.00 bits per heavy atom. The second-order valence-electron chi connectivity index (χ2n) is 4.16. The van der Waals surface area contributed by atoms with Crippen molar-refractivity contribution in [3.8, 4) is 0 Å². The maximum atomic E-state index is 12.2. The first-order valence-electron chi connectivity index (χ1n) is 5.74. The van der Waals surface area contributed by atoms with Gasteiger partial charge in [0.2, 0.25) is 0 Å². The molecule has 0 spiro atoms. The Labute approximate surface area is 130 Å². The van der Waals surface area contributed by atoms with Crippen molar-refractivity contribution in [2.75, 3.05) is 4.72 Å². The molecule has 2 rings (SSSR count). The molecule has 6 nitrogen and oxygen atoms in total. The number of sulfonamides is 1. The lowest BCUT2D eigenvalue weighted by Crippen LogP contribution is -2.12. The van der Waals surface area contributed by atoms with Gasteiger partial charge in [-0.15, -0.1) is 11.3 Å². The van der Waals surface area contributed by atoms with E-state index in [-0.39, 0.29) is 16.4 Å². The molecule has 0 aliphatic carbocycles. The van der Waals surface area contributed by atoms with Gasteiger partial charge in [0.05, 0.1) is 17.0 Å². The Hall–Kier alpha value is -1.64. The van der Waals surface area contributed by atoms with E-state index in [2.05, 4.69) is 9.71 Å². The van der Waals surface area contributed by atoms with Crippen LogP contribution in [0.15, 0.2) is 29.2 Å².